The van der Waals surface area contributed by atoms with Crippen molar-refractivity contribution in [1.29, 1.82) is 0 Å². The third-order valence-electron chi connectivity index (χ3n) is 3.28. The SMILES string of the molecule is CC1CCC(CO)(NC(=O)C(C)Br)CC1. The summed E-state index contributed by atoms with van der Waals surface area (Å²) in [5, 5.41) is 12.4. The Hall–Kier alpha value is -0.0900. The second-order valence-electron chi connectivity index (χ2n) is 4.73. The Labute approximate surface area is 99.8 Å². The summed E-state index contributed by atoms with van der Waals surface area (Å²) in [5.74, 6) is 0.682. The van der Waals surface area contributed by atoms with E-state index in [0.29, 0.717) is 5.92 Å². The summed E-state index contributed by atoms with van der Waals surface area (Å²) < 4.78 is 0. The van der Waals surface area contributed by atoms with Crippen molar-refractivity contribution in [1.82, 2.24) is 5.32 Å². The van der Waals surface area contributed by atoms with Crippen LogP contribution >= 0.6 is 15.9 Å². The molecular formula is C11H20BrNO2. The van der Waals surface area contributed by atoms with Gasteiger partial charge in [-0.15, -0.1) is 0 Å². The van der Waals surface area contributed by atoms with Gasteiger partial charge in [-0.1, -0.05) is 22.9 Å². The first-order chi connectivity index (χ1) is 6.99. The van der Waals surface area contributed by atoms with Crippen LogP contribution in [0.15, 0.2) is 0 Å². The van der Waals surface area contributed by atoms with E-state index in [1.807, 2.05) is 0 Å². The number of nitrogens with one attached hydrogen (secondary N) is 1. The summed E-state index contributed by atoms with van der Waals surface area (Å²) >= 11 is 3.24. The number of carbonyl (C=O) groups excluding carboxylic acids is 1. The number of rotatable bonds is 3. The number of aliphatic hydroxyl groups excluding tert-OH is 1. The zero-order valence-electron chi connectivity index (χ0n) is 9.42. The van der Waals surface area contributed by atoms with E-state index < -0.39 is 0 Å². The van der Waals surface area contributed by atoms with Crippen LogP contribution in [0.5, 0.6) is 0 Å². The average Bonchev–Trinajstić information content (AvgIpc) is 2.21. The molecule has 3 nitrogen and oxygen atoms in total. The molecule has 1 aliphatic carbocycles. The van der Waals surface area contributed by atoms with Crippen LogP contribution in [0.25, 0.3) is 0 Å². The normalized spacial score (nSPS) is 33.5. The maximum atomic E-state index is 11.6. The van der Waals surface area contributed by atoms with E-state index in [9.17, 15) is 9.90 Å². The number of alkyl halides is 1. The summed E-state index contributed by atoms with van der Waals surface area (Å²) in [7, 11) is 0. The van der Waals surface area contributed by atoms with Crippen LogP contribution in [-0.2, 0) is 4.79 Å². The first-order valence-corrected chi connectivity index (χ1v) is 6.47. The fourth-order valence-corrected chi connectivity index (χ4v) is 2.11. The number of hydrogen-bond donors (Lipinski definition) is 2. The van der Waals surface area contributed by atoms with E-state index in [2.05, 4.69) is 28.2 Å². The molecule has 0 aromatic carbocycles. The summed E-state index contributed by atoms with van der Waals surface area (Å²) in [6, 6.07) is 0. The van der Waals surface area contributed by atoms with Gasteiger partial charge in [0.25, 0.3) is 0 Å². The van der Waals surface area contributed by atoms with Crippen LogP contribution in [-0.4, -0.2) is 28.0 Å². The highest BCUT2D eigenvalue weighted by Gasteiger charge is 2.35. The van der Waals surface area contributed by atoms with Gasteiger partial charge in [-0.3, -0.25) is 4.79 Å². The van der Waals surface area contributed by atoms with Crippen LogP contribution < -0.4 is 5.32 Å². The molecule has 1 amide bonds. The van der Waals surface area contributed by atoms with Crippen LogP contribution in [0.1, 0.15) is 39.5 Å². The lowest BCUT2D eigenvalue weighted by Crippen LogP contribution is -2.54. The van der Waals surface area contributed by atoms with E-state index in [4.69, 9.17) is 0 Å². The predicted molar refractivity (Wildman–Crippen MR) is 64.0 cm³/mol. The minimum Gasteiger partial charge on any atom is -0.394 e. The molecular weight excluding hydrogens is 258 g/mol. The van der Waals surface area contributed by atoms with Gasteiger partial charge in [0.2, 0.25) is 5.91 Å². The van der Waals surface area contributed by atoms with Crippen molar-refractivity contribution in [2.75, 3.05) is 6.61 Å². The second kappa shape index (κ2) is 5.30. The van der Waals surface area contributed by atoms with Crippen molar-refractivity contribution in [3.63, 3.8) is 0 Å². The summed E-state index contributed by atoms with van der Waals surface area (Å²) in [6.45, 7) is 4.06. The van der Waals surface area contributed by atoms with Gasteiger partial charge in [0.05, 0.1) is 17.0 Å². The van der Waals surface area contributed by atoms with Gasteiger partial charge in [-0.2, -0.15) is 0 Å². The Bertz CT molecular complexity index is 223. The van der Waals surface area contributed by atoms with E-state index in [-0.39, 0.29) is 22.9 Å². The highest BCUT2D eigenvalue weighted by Crippen LogP contribution is 2.31. The average molecular weight is 278 g/mol. The van der Waals surface area contributed by atoms with Gasteiger partial charge in [0.15, 0.2) is 0 Å². The van der Waals surface area contributed by atoms with Crippen molar-refractivity contribution >= 4 is 21.8 Å². The summed E-state index contributed by atoms with van der Waals surface area (Å²) in [4.78, 5) is 11.4. The summed E-state index contributed by atoms with van der Waals surface area (Å²) in [6.07, 6.45) is 3.93. The summed E-state index contributed by atoms with van der Waals surface area (Å²) in [5.41, 5.74) is -0.369. The van der Waals surface area contributed by atoms with E-state index in [0.717, 1.165) is 25.7 Å². The number of hydrogen-bond acceptors (Lipinski definition) is 2. The first-order valence-electron chi connectivity index (χ1n) is 5.56. The van der Waals surface area contributed by atoms with Crippen molar-refractivity contribution in [3.05, 3.63) is 0 Å². The maximum absolute atomic E-state index is 11.6. The molecule has 15 heavy (non-hydrogen) atoms. The molecule has 1 rings (SSSR count). The number of carbonyl (C=O) groups is 1. The molecule has 0 heterocycles. The highest BCUT2D eigenvalue weighted by molar-refractivity contribution is 9.10. The second-order valence-corrected chi connectivity index (χ2v) is 6.10. The third-order valence-corrected chi connectivity index (χ3v) is 3.70. The molecule has 2 N–H and O–H groups in total. The molecule has 0 aromatic heterocycles. The van der Waals surface area contributed by atoms with Gasteiger partial charge < -0.3 is 10.4 Å². The molecule has 0 aromatic rings. The molecule has 4 heteroatoms. The van der Waals surface area contributed by atoms with Crippen molar-refractivity contribution in [3.8, 4) is 0 Å². The Balaban J connectivity index is 2.57. The molecule has 0 radical (unpaired) electrons. The highest BCUT2D eigenvalue weighted by atomic mass is 79.9. The fourth-order valence-electron chi connectivity index (χ4n) is 2.00. The monoisotopic (exact) mass is 277 g/mol. The number of halogens is 1. The molecule has 1 saturated carbocycles. The zero-order valence-corrected chi connectivity index (χ0v) is 11.0. The van der Waals surface area contributed by atoms with Crippen molar-refractivity contribution < 1.29 is 9.90 Å². The largest absolute Gasteiger partial charge is 0.394 e. The molecule has 1 fully saturated rings. The van der Waals surface area contributed by atoms with Crippen molar-refractivity contribution in [2.24, 2.45) is 5.92 Å². The lowest BCUT2D eigenvalue weighted by atomic mass is 9.77. The van der Waals surface area contributed by atoms with E-state index >= 15 is 0 Å². The zero-order chi connectivity index (χ0) is 11.5. The Morgan fingerprint density at radius 2 is 2.13 bits per heavy atom. The third kappa shape index (κ3) is 3.45. The molecule has 88 valence electrons. The van der Waals surface area contributed by atoms with Gasteiger partial charge >= 0.3 is 0 Å². The minimum atomic E-state index is -0.369. The first kappa shape index (κ1) is 13.0. The van der Waals surface area contributed by atoms with Crippen LogP contribution in [0.4, 0.5) is 0 Å². The lowest BCUT2D eigenvalue weighted by Gasteiger charge is -2.39. The maximum Gasteiger partial charge on any atom is 0.234 e. The molecule has 1 unspecified atom stereocenters. The molecule has 1 aliphatic rings. The smallest absolute Gasteiger partial charge is 0.234 e. The van der Waals surface area contributed by atoms with E-state index in [1.54, 1.807) is 6.92 Å². The van der Waals surface area contributed by atoms with Crippen molar-refractivity contribution in [2.45, 2.75) is 49.9 Å². The standard InChI is InChI=1S/C11H20BrNO2/c1-8-3-5-11(7-14,6-4-8)13-10(15)9(2)12/h8-9,14H,3-7H2,1-2H3,(H,13,15). The molecule has 0 aliphatic heterocycles. The Morgan fingerprint density at radius 1 is 1.60 bits per heavy atom. The number of amides is 1. The van der Waals surface area contributed by atoms with Gasteiger partial charge in [0, 0.05) is 0 Å². The van der Waals surface area contributed by atoms with Crippen LogP contribution in [0.2, 0.25) is 0 Å². The molecule has 1 atom stereocenters. The topological polar surface area (TPSA) is 49.3 Å². The van der Waals surface area contributed by atoms with Crippen LogP contribution in [0.3, 0.4) is 0 Å². The predicted octanol–water partition coefficient (Wildman–Crippen LogP) is 1.83. The Morgan fingerprint density at radius 3 is 2.53 bits per heavy atom. The number of aliphatic hydroxyl groups is 1. The molecule has 0 saturated heterocycles. The van der Waals surface area contributed by atoms with Gasteiger partial charge in [-0.05, 0) is 38.5 Å². The Kier molecular flexibility index (Phi) is 4.59. The minimum absolute atomic E-state index is 0.0291. The quantitative estimate of drug-likeness (QED) is 0.774. The molecule has 0 spiro atoms. The van der Waals surface area contributed by atoms with E-state index in [1.165, 1.54) is 0 Å². The van der Waals surface area contributed by atoms with Gasteiger partial charge in [-0.25, -0.2) is 0 Å². The lowest BCUT2D eigenvalue weighted by molar-refractivity contribution is -0.123. The fraction of sp³-hybridized carbons (Fsp3) is 0.909. The van der Waals surface area contributed by atoms with Gasteiger partial charge in [0.1, 0.15) is 0 Å². The molecule has 0 bridgehead atoms. The van der Waals surface area contributed by atoms with Crippen LogP contribution in [0, 0.1) is 5.92 Å².